The number of thiophene rings is 1. The minimum atomic E-state index is -1.03. The predicted octanol–water partition coefficient (Wildman–Crippen LogP) is 2.70. The van der Waals surface area contributed by atoms with Crippen LogP contribution in [0.25, 0.3) is 21.5 Å². The Kier molecular flexibility index (Phi) is 2.60. The fourth-order valence-electron chi connectivity index (χ4n) is 2.18. The van der Waals surface area contributed by atoms with Gasteiger partial charge in [0.15, 0.2) is 11.3 Å². The third-order valence-corrected chi connectivity index (χ3v) is 3.88. The normalized spacial score (nSPS) is 11.1. The summed E-state index contributed by atoms with van der Waals surface area (Å²) in [7, 11) is 1.77. The molecule has 0 aliphatic rings. The molecular weight excluding hydrogens is 262 g/mol. The first kappa shape index (κ1) is 11.9. The SMILES string of the molecule is Cc1nn(C)c2nc(C(=O)O)cc(-c3cccs3)c12. The number of aromatic carboxylic acids is 1. The molecule has 3 heterocycles. The van der Waals surface area contributed by atoms with Crippen LogP contribution in [0.3, 0.4) is 0 Å². The zero-order valence-corrected chi connectivity index (χ0v) is 11.2. The molecule has 3 aromatic rings. The second-order valence-corrected chi connectivity index (χ2v) is 5.19. The Morgan fingerprint density at radius 3 is 2.89 bits per heavy atom. The minimum absolute atomic E-state index is 0.0406. The van der Waals surface area contributed by atoms with E-state index < -0.39 is 5.97 Å². The van der Waals surface area contributed by atoms with Crippen LogP contribution >= 0.6 is 11.3 Å². The quantitative estimate of drug-likeness (QED) is 0.779. The van der Waals surface area contributed by atoms with E-state index >= 15 is 0 Å². The Morgan fingerprint density at radius 1 is 1.47 bits per heavy atom. The Labute approximate surface area is 113 Å². The van der Waals surface area contributed by atoms with Gasteiger partial charge < -0.3 is 5.11 Å². The second-order valence-electron chi connectivity index (χ2n) is 4.25. The Morgan fingerprint density at radius 2 is 2.26 bits per heavy atom. The van der Waals surface area contributed by atoms with Crippen molar-refractivity contribution >= 4 is 28.3 Å². The van der Waals surface area contributed by atoms with Gasteiger partial charge in [0.1, 0.15) is 0 Å². The summed E-state index contributed by atoms with van der Waals surface area (Å²) in [6.45, 7) is 1.90. The molecule has 5 nitrogen and oxygen atoms in total. The van der Waals surface area contributed by atoms with E-state index in [4.69, 9.17) is 0 Å². The van der Waals surface area contributed by atoms with Gasteiger partial charge in [0.05, 0.1) is 11.1 Å². The molecule has 0 fully saturated rings. The van der Waals surface area contributed by atoms with Gasteiger partial charge in [-0.25, -0.2) is 9.78 Å². The summed E-state index contributed by atoms with van der Waals surface area (Å²) in [5.41, 5.74) is 2.37. The molecule has 6 heteroatoms. The summed E-state index contributed by atoms with van der Waals surface area (Å²) in [6.07, 6.45) is 0. The van der Waals surface area contributed by atoms with Crippen LogP contribution in [0.2, 0.25) is 0 Å². The van der Waals surface area contributed by atoms with Crippen molar-refractivity contribution in [1.29, 1.82) is 0 Å². The van der Waals surface area contributed by atoms with E-state index in [9.17, 15) is 9.90 Å². The molecule has 3 aromatic heterocycles. The maximum Gasteiger partial charge on any atom is 0.354 e. The van der Waals surface area contributed by atoms with Gasteiger partial charge in [-0.2, -0.15) is 5.10 Å². The van der Waals surface area contributed by atoms with Crippen molar-refractivity contribution in [3.8, 4) is 10.4 Å². The summed E-state index contributed by atoms with van der Waals surface area (Å²) in [5, 5.41) is 16.4. The molecule has 0 aliphatic carbocycles. The van der Waals surface area contributed by atoms with Crippen LogP contribution in [0.1, 0.15) is 16.2 Å². The van der Waals surface area contributed by atoms with Crippen molar-refractivity contribution in [2.45, 2.75) is 6.92 Å². The molecule has 0 atom stereocenters. The number of hydrogen-bond acceptors (Lipinski definition) is 4. The number of rotatable bonds is 2. The number of pyridine rings is 1. The van der Waals surface area contributed by atoms with Crippen LogP contribution in [-0.2, 0) is 7.05 Å². The molecule has 96 valence electrons. The summed E-state index contributed by atoms with van der Waals surface area (Å²) in [4.78, 5) is 16.4. The topological polar surface area (TPSA) is 68.0 Å². The molecule has 0 unspecified atom stereocenters. The molecule has 0 radical (unpaired) electrons. The van der Waals surface area contributed by atoms with Gasteiger partial charge in [-0.3, -0.25) is 4.68 Å². The summed E-state index contributed by atoms with van der Waals surface area (Å²) in [5.74, 6) is -1.03. The lowest BCUT2D eigenvalue weighted by Gasteiger charge is -2.03. The van der Waals surface area contributed by atoms with Gasteiger partial charge >= 0.3 is 5.97 Å². The number of aromatic nitrogens is 3. The zero-order valence-electron chi connectivity index (χ0n) is 10.4. The van der Waals surface area contributed by atoms with E-state index in [1.54, 1.807) is 29.1 Å². The van der Waals surface area contributed by atoms with Crippen molar-refractivity contribution < 1.29 is 9.90 Å². The number of hydrogen-bond donors (Lipinski definition) is 1. The third-order valence-electron chi connectivity index (χ3n) is 2.97. The van der Waals surface area contributed by atoms with Gasteiger partial charge in [0.25, 0.3) is 0 Å². The van der Waals surface area contributed by atoms with Crippen molar-refractivity contribution in [3.63, 3.8) is 0 Å². The monoisotopic (exact) mass is 273 g/mol. The van der Waals surface area contributed by atoms with E-state index in [1.165, 1.54) is 0 Å². The Hall–Kier alpha value is -2.21. The van der Waals surface area contributed by atoms with Crippen LogP contribution < -0.4 is 0 Å². The maximum atomic E-state index is 11.2. The molecule has 19 heavy (non-hydrogen) atoms. The molecule has 0 spiro atoms. The zero-order chi connectivity index (χ0) is 13.6. The first-order valence-corrected chi connectivity index (χ1v) is 6.57. The van der Waals surface area contributed by atoms with Gasteiger partial charge in [-0.1, -0.05) is 6.07 Å². The lowest BCUT2D eigenvalue weighted by atomic mass is 10.1. The summed E-state index contributed by atoms with van der Waals surface area (Å²) in [6, 6.07) is 5.53. The molecule has 0 amide bonds. The average Bonchev–Trinajstić information content (AvgIpc) is 2.98. The van der Waals surface area contributed by atoms with Crippen LogP contribution in [0.15, 0.2) is 23.6 Å². The van der Waals surface area contributed by atoms with Crippen LogP contribution in [0.4, 0.5) is 0 Å². The van der Waals surface area contributed by atoms with Gasteiger partial charge in [0, 0.05) is 17.5 Å². The van der Waals surface area contributed by atoms with Gasteiger partial charge in [0.2, 0.25) is 0 Å². The number of aryl methyl sites for hydroxylation is 2. The van der Waals surface area contributed by atoms with E-state index in [0.717, 1.165) is 21.5 Å². The molecule has 0 saturated carbocycles. The van der Waals surface area contributed by atoms with Crippen molar-refractivity contribution in [3.05, 3.63) is 35.0 Å². The molecule has 0 saturated heterocycles. The second kappa shape index (κ2) is 4.17. The van der Waals surface area contributed by atoms with E-state index in [1.807, 2.05) is 24.4 Å². The lowest BCUT2D eigenvalue weighted by Crippen LogP contribution is -2.02. The number of fused-ring (bicyclic) bond motifs is 1. The highest BCUT2D eigenvalue weighted by Gasteiger charge is 2.17. The van der Waals surface area contributed by atoms with Crippen molar-refractivity contribution in [2.24, 2.45) is 7.05 Å². The maximum absolute atomic E-state index is 11.2. The Balaban J connectivity index is 2.44. The number of carboxylic acids is 1. The lowest BCUT2D eigenvalue weighted by molar-refractivity contribution is 0.0691. The minimum Gasteiger partial charge on any atom is -0.477 e. The molecule has 0 aromatic carbocycles. The highest BCUT2D eigenvalue weighted by molar-refractivity contribution is 7.13. The van der Waals surface area contributed by atoms with Crippen LogP contribution in [-0.4, -0.2) is 25.8 Å². The third kappa shape index (κ3) is 1.80. The van der Waals surface area contributed by atoms with Gasteiger partial charge in [-0.15, -0.1) is 11.3 Å². The van der Waals surface area contributed by atoms with Gasteiger partial charge in [-0.05, 0) is 24.4 Å². The van der Waals surface area contributed by atoms with Crippen molar-refractivity contribution in [1.82, 2.24) is 14.8 Å². The first-order valence-electron chi connectivity index (χ1n) is 5.69. The number of carboxylic acid groups (broad SMARTS) is 1. The van der Waals surface area contributed by atoms with E-state index in [-0.39, 0.29) is 5.69 Å². The predicted molar refractivity (Wildman–Crippen MR) is 73.5 cm³/mol. The summed E-state index contributed by atoms with van der Waals surface area (Å²) < 4.78 is 1.62. The van der Waals surface area contributed by atoms with Crippen LogP contribution in [0.5, 0.6) is 0 Å². The first-order chi connectivity index (χ1) is 9.08. The van der Waals surface area contributed by atoms with E-state index in [2.05, 4.69) is 10.1 Å². The largest absolute Gasteiger partial charge is 0.477 e. The summed E-state index contributed by atoms with van der Waals surface area (Å²) >= 11 is 1.57. The fraction of sp³-hybridized carbons (Fsp3) is 0.154. The number of carbonyl (C=O) groups is 1. The molecular formula is C13H11N3O2S. The molecule has 0 bridgehead atoms. The number of nitrogens with zero attached hydrogens (tertiary/aromatic N) is 3. The smallest absolute Gasteiger partial charge is 0.354 e. The average molecular weight is 273 g/mol. The molecule has 1 N–H and O–H groups in total. The fourth-order valence-corrected chi connectivity index (χ4v) is 2.93. The highest BCUT2D eigenvalue weighted by atomic mass is 32.1. The Bertz CT molecular complexity index is 775. The standard InChI is InChI=1S/C13H11N3O2S/c1-7-11-8(10-4-3-5-19-10)6-9(13(17)18)14-12(11)16(2)15-7/h3-6H,1-2H3,(H,17,18). The molecule has 3 rings (SSSR count). The molecule has 0 aliphatic heterocycles. The van der Waals surface area contributed by atoms with Crippen molar-refractivity contribution in [2.75, 3.05) is 0 Å². The van der Waals surface area contributed by atoms with Crippen LogP contribution in [0, 0.1) is 6.92 Å². The highest BCUT2D eigenvalue weighted by Crippen LogP contribution is 2.33. The van der Waals surface area contributed by atoms with E-state index in [0.29, 0.717) is 5.65 Å².